The van der Waals surface area contributed by atoms with E-state index in [-0.39, 0.29) is 0 Å². The summed E-state index contributed by atoms with van der Waals surface area (Å²) in [5.74, 6) is 0. The molecule has 2 atom stereocenters. The molecule has 1 aliphatic heterocycles. The van der Waals surface area contributed by atoms with Gasteiger partial charge in [-0.05, 0) is 37.0 Å². The van der Waals surface area contributed by atoms with Crippen LogP contribution in [0.1, 0.15) is 38.2 Å². The molecular weight excluding hydrogens is 208 g/mol. The molecule has 0 bridgehead atoms. The number of anilines is 2. The maximum absolute atomic E-state index is 3.76. The molecular formula is C15H22N2. The molecule has 1 fully saturated rings. The van der Waals surface area contributed by atoms with Crippen LogP contribution in [0.25, 0.3) is 0 Å². The first-order valence-electron chi connectivity index (χ1n) is 6.92. The van der Waals surface area contributed by atoms with Crippen molar-refractivity contribution in [1.82, 2.24) is 0 Å². The van der Waals surface area contributed by atoms with Gasteiger partial charge in [-0.1, -0.05) is 25.8 Å². The third-order valence-electron chi connectivity index (χ3n) is 4.42. The monoisotopic (exact) mass is 230 g/mol. The van der Waals surface area contributed by atoms with E-state index >= 15 is 0 Å². The molecule has 0 amide bonds. The molecule has 0 aromatic heterocycles. The van der Waals surface area contributed by atoms with Crippen LogP contribution in [0, 0.1) is 0 Å². The van der Waals surface area contributed by atoms with Gasteiger partial charge in [-0.15, -0.1) is 0 Å². The lowest BCUT2D eigenvalue weighted by atomic mass is 9.87. The molecule has 1 aromatic carbocycles. The van der Waals surface area contributed by atoms with Crippen molar-refractivity contribution >= 4 is 11.4 Å². The van der Waals surface area contributed by atoms with Gasteiger partial charge in [0.25, 0.3) is 0 Å². The lowest BCUT2D eigenvalue weighted by molar-refractivity contribution is 0.385. The Bertz CT molecular complexity index is 413. The number of hydrogen-bond acceptors (Lipinski definition) is 2. The number of nitrogens with zero attached hydrogens (tertiary/aromatic N) is 1. The summed E-state index contributed by atoms with van der Waals surface area (Å²) in [7, 11) is 2.26. The van der Waals surface area contributed by atoms with E-state index in [4.69, 9.17) is 0 Å². The zero-order valence-electron chi connectivity index (χ0n) is 10.9. The van der Waals surface area contributed by atoms with Crippen LogP contribution in [-0.4, -0.2) is 19.1 Å². The molecule has 1 saturated carbocycles. The van der Waals surface area contributed by atoms with Crippen molar-refractivity contribution < 1.29 is 0 Å². The number of fused-ring (bicyclic) bond motifs is 2. The van der Waals surface area contributed by atoms with Gasteiger partial charge in [0.1, 0.15) is 0 Å². The topological polar surface area (TPSA) is 15.3 Å². The Hall–Kier alpha value is -1.18. The van der Waals surface area contributed by atoms with Gasteiger partial charge in [-0.3, -0.25) is 0 Å². The highest BCUT2D eigenvalue weighted by Gasteiger charge is 2.33. The van der Waals surface area contributed by atoms with Crippen LogP contribution >= 0.6 is 0 Å². The molecule has 1 aromatic rings. The molecule has 1 aliphatic carbocycles. The predicted octanol–water partition coefficient (Wildman–Crippen LogP) is 3.42. The number of nitrogens with one attached hydrogen (secondary N) is 1. The molecule has 2 unspecified atom stereocenters. The van der Waals surface area contributed by atoms with Gasteiger partial charge < -0.3 is 10.2 Å². The van der Waals surface area contributed by atoms with E-state index in [1.54, 1.807) is 0 Å². The minimum atomic E-state index is 0.661. The van der Waals surface area contributed by atoms with Gasteiger partial charge in [-0.2, -0.15) is 0 Å². The van der Waals surface area contributed by atoms with E-state index < -0.39 is 0 Å². The summed E-state index contributed by atoms with van der Waals surface area (Å²) in [5.41, 5.74) is 4.15. The van der Waals surface area contributed by atoms with E-state index in [0.717, 1.165) is 6.42 Å². The van der Waals surface area contributed by atoms with Crippen LogP contribution in [-0.2, 0) is 6.42 Å². The van der Waals surface area contributed by atoms with Crippen LogP contribution in [0.5, 0.6) is 0 Å². The van der Waals surface area contributed by atoms with Gasteiger partial charge in [0.05, 0.1) is 11.4 Å². The van der Waals surface area contributed by atoms with Crippen molar-refractivity contribution in [1.29, 1.82) is 0 Å². The van der Waals surface area contributed by atoms with Gasteiger partial charge >= 0.3 is 0 Å². The summed E-state index contributed by atoms with van der Waals surface area (Å²) in [6.07, 6.45) is 6.54. The quantitative estimate of drug-likeness (QED) is 0.795. The van der Waals surface area contributed by atoms with Crippen LogP contribution in [0.4, 0.5) is 11.4 Å². The lowest BCUT2D eigenvalue weighted by Crippen LogP contribution is -2.50. The number of hydrogen-bond donors (Lipinski definition) is 1. The highest BCUT2D eigenvalue weighted by atomic mass is 15.2. The standard InChI is InChI=1S/C15H22N2/c1-3-11-8-9-15-13(10-11)16-12-6-4-5-7-14(12)17(15)2/h8-10,12,14,16H,3-7H2,1-2H3. The zero-order chi connectivity index (χ0) is 11.8. The molecule has 1 heterocycles. The third-order valence-corrected chi connectivity index (χ3v) is 4.42. The van der Waals surface area contributed by atoms with Gasteiger partial charge in [0, 0.05) is 19.1 Å². The zero-order valence-corrected chi connectivity index (χ0v) is 10.9. The first-order valence-corrected chi connectivity index (χ1v) is 6.92. The fraction of sp³-hybridized carbons (Fsp3) is 0.600. The van der Waals surface area contributed by atoms with Crippen molar-refractivity contribution in [3.63, 3.8) is 0 Å². The molecule has 0 radical (unpaired) electrons. The molecule has 2 heteroatoms. The largest absolute Gasteiger partial charge is 0.379 e. The Morgan fingerprint density at radius 1 is 1.29 bits per heavy atom. The second-order valence-electron chi connectivity index (χ2n) is 5.42. The number of benzene rings is 1. The number of likely N-dealkylation sites (N-methyl/N-ethyl adjacent to an activating group) is 1. The number of aryl methyl sites for hydroxylation is 1. The van der Waals surface area contributed by atoms with Crippen LogP contribution in [0.2, 0.25) is 0 Å². The molecule has 0 spiro atoms. The highest BCUT2D eigenvalue weighted by Crippen LogP contribution is 2.38. The smallest absolute Gasteiger partial charge is 0.0602 e. The van der Waals surface area contributed by atoms with Gasteiger partial charge in [-0.25, -0.2) is 0 Å². The first-order chi connectivity index (χ1) is 8.29. The second-order valence-corrected chi connectivity index (χ2v) is 5.42. The molecule has 2 aliphatic rings. The van der Waals surface area contributed by atoms with Crippen molar-refractivity contribution in [2.75, 3.05) is 17.3 Å². The minimum Gasteiger partial charge on any atom is -0.379 e. The van der Waals surface area contributed by atoms with E-state index in [2.05, 4.69) is 42.4 Å². The van der Waals surface area contributed by atoms with E-state index in [0.29, 0.717) is 12.1 Å². The summed E-state index contributed by atoms with van der Waals surface area (Å²) in [5, 5.41) is 3.76. The summed E-state index contributed by atoms with van der Waals surface area (Å²) in [4.78, 5) is 2.50. The second kappa shape index (κ2) is 4.25. The Morgan fingerprint density at radius 2 is 2.12 bits per heavy atom. The number of rotatable bonds is 1. The van der Waals surface area contributed by atoms with Crippen LogP contribution in [0.15, 0.2) is 18.2 Å². The Kier molecular flexibility index (Phi) is 2.73. The SMILES string of the molecule is CCc1ccc2c(c1)NC1CCCCC1N2C. The Labute approximate surface area is 104 Å². The van der Waals surface area contributed by atoms with Gasteiger partial charge in [0.15, 0.2) is 0 Å². The minimum absolute atomic E-state index is 0.661. The fourth-order valence-corrected chi connectivity index (χ4v) is 3.35. The summed E-state index contributed by atoms with van der Waals surface area (Å²) >= 11 is 0. The maximum Gasteiger partial charge on any atom is 0.0602 e. The summed E-state index contributed by atoms with van der Waals surface area (Å²) in [6, 6.07) is 8.24. The molecule has 0 saturated heterocycles. The molecule has 3 rings (SSSR count). The van der Waals surface area contributed by atoms with Crippen molar-refractivity contribution in [2.24, 2.45) is 0 Å². The maximum atomic E-state index is 3.76. The predicted molar refractivity (Wildman–Crippen MR) is 73.9 cm³/mol. The van der Waals surface area contributed by atoms with E-state index in [1.165, 1.54) is 42.6 Å². The molecule has 2 nitrogen and oxygen atoms in total. The molecule has 1 N–H and O–H groups in total. The first kappa shape index (κ1) is 10.9. The van der Waals surface area contributed by atoms with E-state index in [1.807, 2.05) is 0 Å². The summed E-state index contributed by atoms with van der Waals surface area (Å²) in [6.45, 7) is 2.22. The van der Waals surface area contributed by atoms with Crippen molar-refractivity contribution in [2.45, 2.75) is 51.1 Å². The fourth-order valence-electron chi connectivity index (χ4n) is 3.35. The normalized spacial score (nSPS) is 27.1. The average Bonchev–Trinajstić information content (AvgIpc) is 2.38. The van der Waals surface area contributed by atoms with Gasteiger partial charge in [0.2, 0.25) is 0 Å². The average molecular weight is 230 g/mol. The molecule has 92 valence electrons. The van der Waals surface area contributed by atoms with Crippen LogP contribution < -0.4 is 10.2 Å². The third kappa shape index (κ3) is 1.80. The van der Waals surface area contributed by atoms with Crippen molar-refractivity contribution in [3.05, 3.63) is 23.8 Å². The Balaban J connectivity index is 1.96. The van der Waals surface area contributed by atoms with Crippen LogP contribution in [0.3, 0.4) is 0 Å². The lowest BCUT2D eigenvalue weighted by Gasteiger charge is -2.45. The van der Waals surface area contributed by atoms with Crippen molar-refractivity contribution in [3.8, 4) is 0 Å². The Morgan fingerprint density at radius 3 is 2.94 bits per heavy atom. The molecule has 17 heavy (non-hydrogen) atoms. The summed E-state index contributed by atoms with van der Waals surface area (Å²) < 4.78 is 0. The highest BCUT2D eigenvalue weighted by molar-refractivity contribution is 5.74. The van der Waals surface area contributed by atoms with E-state index in [9.17, 15) is 0 Å².